The lowest BCUT2D eigenvalue weighted by molar-refractivity contribution is 0.711. The van der Waals surface area contributed by atoms with Crippen LogP contribution in [0.25, 0.3) is 11.3 Å². The third-order valence-corrected chi connectivity index (χ3v) is 3.33. The first-order chi connectivity index (χ1) is 8.54. The molecule has 1 aromatic carbocycles. The molecule has 1 heterocycles. The van der Waals surface area contributed by atoms with E-state index in [4.69, 9.17) is 0 Å². The van der Waals surface area contributed by atoms with Gasteiger partial charge in [-0.15, -0.1) is 0 Å². The zero-order valence-electron chi connectivity index (χ0n) is 11.8. The predicted octanol–water partition coefficient (Wildman–Crippen LogP) is 2.73. The number of aromatic nitrogens is 2. The molecule has 0 aliphatic carbocycles. The molecule has 0 bridgehead atoms. The van der Waals surface area contributed by atoms with Gasteiger partial charge in [0.05, 0.1) is 17.9 Å². The Balaban J connectivity index is 2.56. The van der Waals surface area contributed by atoms with Gasteiger partial charge in [-0.25, -0.2) is 4.98 Å². The van der Waals surface area contributed by atoms with Gasteiger partial charge in [0.2, 0.25) is 0 Å². The van der Waals surface area contributed by atoms with Gasteiger partial charge >= 0.3 is 0 Å². The molecule has 1 aromatic heterocycles. The van der Waals surface area contributed by atoms with Crippen molar-refractivity contribution in [3.8, 4) is 11.3 Å². The largest absolute Gasteiger partial charge is 0.330 e. The van der Waals surface area contributed by atoms with Crippen LogP contribution < -0.4 is 5.32 Å². The van der Waals surface area contributed by atoms with Crippen molar-refractivity contribution < 1.29 is 0 Å². The molecular formula is C15H21N3. The zero-order chi connectivity index (χ0) is 13.3. The van der Waals surface area contributed by atoms with Crippen LogP contribution in [-0.4, -0.2) is 16.6 Å². The van der Waals surface area contributed by atoms with Crippen LogP contribution in [0.3, 0.4) is 0 Å². The van der Waals surface area contributed by atoms with Crippen LogP contribution in [0, 0.1) is 20.8 Å². The van der Waals surface area contributed by atoms with Crippen LogP contribution >= 0.6 is 0 Å². The standard InChI is InChI=1S/C15H21N3/c1-10-6-7-13(11(2)8-10)15-12(3)17-14(9-16-4)18(15)5/h6-8,16H,9H2,1-5H3. The molecular weight excluding hydrogens is 222 g/mol. The Kier molecular flexibility index (Phi) is 3.53. The van der Waals surface area contributed by atoms with Crippen LogP contribution in [0.4, 0.5) is 0 Å². The third kappa shape index (κ3) is 2.18. The Morgan fingerprint density at radius 2 is 1.94 bits per heavy atom. The SMILES string of the molecule is CNCc1nc(C)c(-c2ccc(C)cc2C)n1C. The van der Waals surface area contributed by atoms with E-state index in [-0.39, 0.29) is 0 Å². The smallest absolute Gasteiger partial charge is 0.123 e. The van der Waals surface area contributed by atoms with Gasteiger partial charge in [0, 0.05) is 12.6 Å². The van der Waals surface area contributed by atoms with E-state index >= 15 is 0 Å². The van der Waals surface area contributed by atoms with E-state index in [1.165, 1.54) is 22.4 Å². The minimum absolute atomic E-state index is 0.794. The number of rotatable bonds is 3. The highest BCUT2D eigenvalue weighted by Gasteiger charge is 2.14. The van der Waals surface area contributed by atoms with E-state index in [0.717, 1.165) is 18.1 Å². The number of nitrogens with zero attached hydrogens (tertiary/aromatic N) is 2. The summed E-state index contributed by atoms with van der Waals surface area (Å²) in [7, 11) is 4.03. The van der Waals surface area contributed by atoms with E-state index in [1.807, 2.05) is 7.05 Å². The molecule has 0 radical (unpaired) electrons. The van der Waals surface area contributed by atoms with Crippen molar-refractivity contribution in [3.05, 3.63) is 40.8 Å². The third-order valence-electron chi connectivity index (χ3n) is 3.33. The molecule has 18 heavy (non-hydrogen) atoms. The van der Waals surface area contributed by atoms with Gasteiger partial charge in [-0.05, 0) is 33.4 Å². The maximum absolute atomic E-state index is 4.64. The van der Waals surface area contributed by atoms with Crippen molar-refractivity contribution in [1.82, 2.24) is 14.9 Å². The molecule has 1 N–H and O–H groups in total. The minimum Gasteiger partial charge on any atom is -0.330 e. The lowest BCUT2D eigenvalue weighted by atomic mass is 10.0. The van der Waals surface area contributed by atoms with Gasteiger partial charge in [-0.1, -0.05) is 23.8 Å². The van der Waals surface area contributed by atoms with Crippen LogP contribution in [0.1, 0.15) is 22.6 Å². The van der Waals surface area contributed by atoms with Crippen molar-refractivity contribution in [2.24, 2.45) is 7.05 Å². The average molecular weight is 243 g/mol. The van der Waals surface area contributed by atoms with Crippen LogP contribution in [0.2, 0.25) is 0 Å². The molecule has 0 spiro atoms. The predicted molar refractivity (Wildman–Crippen MR) is 75.6 cm³/mol. The fraction of sp³-hybridized carbons (Fsp3) is 0.400. The number of aryl methyl sites for hydroxylation is 3. The molecule has 0 amide bonds. The molecule has 2 aromatic rings. The highest BCUT2D eigenvalue weighted by atomic mass is 15.1. The molecule has 0 saturated carbocycles. The lowest BCUT2D eigenvalue weighted by Gasteiger charge is -2.10. The van der Waals surface area contributed by atoms with Gasteiger partial charge < -0.3 is 9.88 Å². The van der Waals surface area contributed by atoms with Gasteiger partial charge in [0.15, 0.2) is 0 Å². The maximum atomic E-state index is 4.64. The number of hydrogen-bond donors (Lipinski definition) is 1. The van der Waals surface area contributed by atoms with Gasteiger partial charge in [-0.3, -0.25) is 0 Å². The van der Waals surface area contributed by atoms with Gasteiger partial charge in [0.25, 0.3) is 0 Å². The van der Waals surface area contributed by atoms with E-state index in [2.05, 4.69) is 60.9 Å². The summed E-state index contributed by atoms with van der Waals surface area (Å²) in [4.78, 5) is 4.64. The van der Waals surface area contributed by atoms with E-state index in [0.29, 0.717) is 0 Å². The second-order valence-corrected chi connectivity index (χ2v) is 4.87. The van der Waals surface area contributed by atoms with Crippen LogP contribution in [-0.2, 0) is 13.6 Å². The summed E-state index contributed by atoms with van der Waals surface area (Å²) in [5.74, 6) is 1.07. The summed E-state index contributed by atoms with van der Waals surface area (Å²) in [5.41, 5.74) is 6.19. The molecule has 0 atom stereocenters. The molecule has 0 saturated heterocycles. The number of hydrogen-bond acceptors (Lipinski definition) is 2. The highest BCUT2D eigenvalue weighted by Crippen LogP contribution is 2.27. The number of nitrogens with one attached hydrogen (secondary N) is 1. The summed E-state index contributed by atoms with van der Waals surface area (Å²) in [6.45, 7) is 7.15. The van der Waals surface area contributed by atoms with E-state index in [1.54, 1.807) is 0 Å². The van der Waals surface area contributed by atoms with E-state index < -0.39 is 0 Å². The second-order valence-electron chi connectivity index (χ2n) is 4.87. The van der Waals surface area contributed by atoms with Crippen LogP contribution in [0.5, 0.6) is 0 Å². The number of benzene rings is 1. The first kappa shape index (κ1) is 12.8. The Morgan fingerprint density at radius 3 is 2.56 bits per heavy atom. The first-order valence-electron chi connectivity index (χ1n) is 6.29. The molecule has 2 rings (SSSR count). The summed E-state index contributed by atoms with van der Waals surface area (Å²) in [6, 6.07) is 6.57. The van der Waals surface area contributed by atoms with Gasteiger partial charge in [-0.2, -0.15) is 0 Å². The van der Waals surface area contributed by atoms with Gasteiger partial charge in [0.1, 0.15) is 5.82 Å². The lowest BCUT2D eigenvalue weighted by Crippen LogP contribution is -2.10. The Morgan fingerprint density at radius 1 is 1.22 bits per heavy atom. The zero-order valence-corrected chi connectivity index (χ0v) is 11.8. The van der Waals surface area contributed by atoms with Crippen molar-refractivity contribution in [3.63, 3.8) is 0 Å². The quantitative estimate of drug-likeness (QED) is 0.898. The summed E-state index contributed by atoms with van der Waals surface area (Å²) in [5, 5.41) is 3.16. The molecule has 3 heteroatoms. The molecule has 96 valence electrons. The Hall–Kier alpha value is -1.61. The Labute approximate surface area is 109 Å². The fourth-order valence-corrected chi connectivity index (χ4v) is 2.46. The summed E-state index contributed by atoms with van der Waals surface area (Å²) >= 11 is 0. The molecule has 3 nitrogen and oxygen atoms in total. The molecule has 0 aliphatic heterocycles. The maximum Gasteiger partial charge on any atom is 0.123 e. The minimum atomic E-state index is 0.794. The highest BCUT2D eigenvalue weighted by molar-refractivity contribution is 5.67. The van der Waals surface area contributed by atoms with Crippen LogP contribution in [0.15, 0.2) is 18.2 Å². The summed E-state index contributed by atoms with van der Waals surface area (Å²) < 4.78 is 2.18. The number of imidazole rings is 1. The van der Waals surface area contributed by atoms with Crippen molar-refractivity contribution >= 4 is 0 Å². The average Bonchev–Trinajstić information content (AvgIpc) is 2.56. The Bertz CT molecular complexity index is 567. The topological polar surface area (TPSA) is 29.9 Å². The second kappa shape index (κ2) is 4.94. The normalized spacial score (nSPS) is 10.9. The monoisotopic (exact) mass is 243 g/mol. The molecule has 0 aliphatic rings. The summed E-state index contributed by atoms with van der Waals surface area (Å²) in [6.07, 6.45) is 0. The molecule has 0 unspecified atom stereocenters. The van der Waals surface area contributed by atoms with Crippen molar-refractivity contribution in [1.29, 1.82) is 0 Å². The first-order valence-corrected chi connectivity index (χ1v) is 6.29. The molecule has 0 fully saturated rings. The fourth-order valence-electron chi connectivity index (χ4n) is 2.46. The van der Waals surface area contributed by atoms with Crippen molar-refractivity contribution in [2.45, 2.75) is 27.3 Å². The van der Waals surface area contributed by atoms with E-state index in [9.17, 15) is 0 Å². The van der Waals surface area contributed by atoms with Crippen molar-refractivity contribution in [2.75, 3.05) is 7.05 Å².